The first-order chi connectivity index (χ1) is 12.7. The minimum absolute atomic E-state index is 0.232. The molecule has 0 amide bonds. The summed E-state index contributed by atoms with van der Waals surface area (Å²) in [4.78, 5) is 12.9. The summed E-state index contributed by atoms with van der Waals surface area (Å²) in [7, 11) is 1.55. The molecular formula is C18H13N7O. The number of anilines is 1. The number of nitriles is 1. The standard InChI is InChI=1S/C18H13N7O/c1-26-14-7-6-12(9-21-14)16-15(13-5-3-2-4-11(13)8-19)24-17(20)18-22-10-23-25(16)18/h2-7,9-10H,1H3,(H2,20,24). The van der Waals surface area contributed by atoms with Crippen LogP contribution in [0.1, 0.15) is 5.56 Å². The van der Waals surface area contributed by atoms with Crippen molar-refractivity contribution < 1.29 is 4.74 Å². The van der Waals surface area contributed by atoms with E-state index in [-0.39, 0.29) is 5.82 Å². The minimum atomic E-state index is 0.232. The van der Waals surface area contributed by atoms with E-state index in [0.717, 1.165) is 5.56 Å². The van der Waals surface area contributed by atoms with Gasteiger partial charge in [0, 0.05) is 23.4 Å². The van der Waals surface area contributed by atoms with E-state index in [1.165, 1.54) is 6.33 Å². The van der Waals surface area contributed by atoms with Gasteiger partial charge in [0.2, 0.25) is 5.88 Å². The monoisotopic (exact) mass is 343 g/mol. The molecular weight excluding hydrogens is 330 g/mol. The Kier molecular flexibility index (Phi) is 3.67. The number of pyridine rings is 1. The predicted octanol–water partition coefficient (Wildman–Crippen LogP) is 2.32. The normalized spacial score (nSPS) is 10.6. The van der Waals surface area contributed by atoms with Gasteiger partial charge in [-0.25, -0.2) is 19.5 Å². The zero-order valence-electron chi connectivity index (χ0n) is 13.8. The van der Waals surface area contributed by atoms with E-state index >= 15 is 0 Å². The third-order valence-corrected chi connectivity index (χ3v) is 3.97. The van der Waals surface area contributed by atoms with Gasteiger partial charge in [-0.05, 0) is 12.1 Å². The van der Waals surface area contributed by atoms with Crippen LogP contribution in [0.15, 0.2) is 48.9 Å². The van der Waals surface area contributed by atoms with E-state index in [0.29, 0.717) is 34.0 Å². The van der Waals surface area contributed by atoms with Crippen molar-refractivity contribution in [3.05, 3.63) is 54.5 Å². The highest BCUT2D eigenvalue weighted by atomic mass is 16.5. The number of aromatic nitrogens is 5. The smallest absolute Gasteiger partial charge is 0.212 e. The van der Waals surface area contributed by atoms with Crippen molar-refractivity contribution >= 4 is 11.5 Å². The van der Waals surface area contributed by atoms with E-state index in [2.05, 4.69) is 26.1 Å². The molecule has 3 heterocycles. The highest BCUT2D eigenvalue weighted by Crippen LogP contribution is 2.34. The number of nitrogens with two attached hydrogens (primary N) is 1. The van der Waals surface area contributed by atoms with E-state index in [9.17, 15) is 5.26 Å². The van der Waals surface area contributed by atoms with Crippen molar-refractivity contribution in [3.8, 4) is 34.5 Å². The lowest BCUT2D eigenvalue weighted by Gasteiger charge is -2.13. The average Bonchev–Trinajstić information content (AvgIpc) is 3.18. The number of hydrogen-bond donors (Lipinski definition) is 1. The third-order valence-electron chi connectivity index (χ3n) is 3.97. The lowest BCUT2D eigenvalue weighted by molar-refractivity contribution is 0.398. The fourth-order valence-electron chi connectivity index (χ4n) is 2.78. The molecule has 0 fully saturated rings. The number of nitrogen functional groups attached to an aromatic ring is 1. The van der Waals surface area contributed by atoms with Crippen molar-refractivity contribution in [1.29, 1.82) is 5.26 Å². The van der Waals surface area contributed by atoms with Crippen molar-refractivity contribution in [2.24, 2.45) is 0 Å². The molecule has 0 radical (unpaired) electrons. The number of benzene rings is 1. The molecule has 4 rings (SSSR count). The molecule has 0 aliphatic carbocycles. The molecule has 0 aliphatic rings. The number of nitrogens with zero attached hydrogens (tertiary/aromatic N) is 6. The van der Waals surface area contributed by atoms with Gasteiger partial charge in [-0.1, -0.05) is 18.2 Å². The Labute approximate surface area is 148 Å². The molecule has 1 aromatic carbocycles. The van der Waals surface area contributed by atoms with Crippen LogP contribution in [0.3, 0.4) is 0 Å². The first kappa shape index (κ1) is 15.5. The Hall–Kier alpha value is -3.99. The summed E-state index contributed by atoms with van der Waals surface area (Å²) in [5.41, 5.74) is 9.58. The molecule has 0 saturated heterocycles. The zero-order chi connectivity index (χ0) is 18.1. The maximum Gasteiger partial charge on any atom is 0.212 e. The summed E-state index contributed by atoms with van der Waals surface area (Å²) in [5, 5.41) is 13.8. The van der Waals surface area contributed by atoms with E-state index < -0.39 is 0 Å². The molecule has 4 aromatic rings. The van der Waals surface area contributed by atoms with Gasteiger partial charge in [0.05, 0.1) is 18.7 Å². The fourth-order valence-corrected chi connectivity index (χ4v) is 2.78. The van der Waals surface area contributed by atoms with Crippen LogP contribution in [0.5, 0.6) is 5.88 Å². The van der Waals surface area contributed by atoms with E-state index in [1.54, 1.807) is 36.0 Å². The van der Waals surface area contributed by atoms with Crippen LogP contribution in [0.2, 0.25) is 0 Å². The van der Waals surface area contributed by atoms with Gasteiger partial charge in [-0.2, -0.15) is 10.4 Å². The van der Waals surface area contributed by atoms with Crippen LogP contribution in [0, 0.1) is 11.3 Å². The van der Waals surface area contributed by atoms with Gasteiger partial charge < -0.3 is 10.5 Å². The molecule has 8 heteroatoms. The van der Waals surface area contributed by atoms with Gasteiger partial charge in [0.15, 0.2) is 11.5 Å². The van der Waals surface area contributed by atoms with E-state index in [1.807, 2.05) is 18.2 Å². The Morgan fingerprint density at radius 2 is 2.00 bits per heavy atom. The molecule has 0 aliphatic heterocycles. The molecule has 8 nitrogen and oxygen atoms in total. The molecule has 0 spiro atoms. The number of rotatable bonds is 3. The Bertz CT molecular complexity index is 1140. The van der Waals surface area contributed by atoms with Crippen LogP contribution in [-0.4, -0.2) is 31.7 Å². The van der Waals surface area contributed by atoms with Crippen LogP contribution in [-0.2, 0) is 0 Å². The number of hydrogen-bond acceptors (Lipinski definition) is 7. The van der Waals surface area contributed by atoms with Crippen LogP contribution in [0.4, 0.5) is 5.82 Å². The maximum absolute atomic E-state index is 9.48. The second-order valence-electron chi connectivity index (χ2n) is 5.44. The fraction of sp³-hybridized carbons (Fsp3) is 0.0556. The predicted molar refractivity (Wildman–Crippen MR) is 95.1 cm³/mol. The lowest BCUT2D eigenvalue weighted by atomic mass is 10.0. The highest BCUT2D eigenvalue weighted by molar-refractivity contribution is 5.84. The van der Waals surface area contributed by atoms with Crippen molar-refractivity contribution in [2.45, 2.75) is 0 Å². The van der Waals surface area contributed by atoms with Crippen molar-refractivity contribution in [3.63, 3.8) is 0 Å². The summed E-state index contributed by atoms with van der Waals surface area (Å²) < 4.78 is 6.73. The summed E-state index contributed by atoms with van der Waals surface area (Å²) >= 11 is 0. The number of methoxy groups -OCH3 is 1. The average molecular weight is 343 g/mol. The quantitative estimate of drug-likeness (QED) is 0.607. The molecule has 2 N–H and O–H groups in total. The second kappa shape index (κ2) is 6.14. The van der Waals surface area contributed by atoms with Gasteiger partial charge in [0.25, 0.3) is 0 Å². The largest absolute Gasteiger partial charge is 0.481 e. The summed E-state index contributed by atoms with van der Waals surface area (Å²) in [6.07, 6.45) is 3.07. The zero-order valence-corrected chi connectivity index (χ0v) is 13.8. The Morgan fingerprint density at radius 3 is 2.73 bits per heavy atom. The third kappa shape index (κ3) is 2.39. The topological polar surface area (TPSA) is 115 Å². The molecule has 3 aromatic heterocycles. The number of fused-ring (bicyclic) bond motifs is 1. The van der Waals surface area contributed by atoms with E-state index in [4.69, 9.17) is 10.5 Å². The Balaban J connectivity index is 2.08. The minimum Gasteiger partial charge on any atom is -0.481 e. The van der Waals surface area contributed by atoms with Gasteiger partial charge >= 0.3 is 0 Å². The van der Waals surface area contributed by atoms with Crippen LogP contribution in [0.25, 0.3) is 28.2 Å². The molecule has 0 bridgehead atoms. The second-order valence-corrected chi connectivity index (χ2v) is 5.44. The molecule has 0 saturated carbocycles. The molecule has 0 atom stereocenters. The summed E-state index contributed by atoms with van der Waals surface area (Å²) in [5.74, 6) is 0.724. The molecule has 0 unspecified atom stereocenters. The molecule has 26 heavy (non-hydrogen) atoms. The highest BCUT2D eigenvalue weighted by Gasteiger charge is 2.20. The molecule has 126 valence electrons. The van der Waals surface area contributed by atoms with Crippen molar-refractivity contribution in [1.82, 2.24) is 24.6 Å². The summed E-state index contributed by atoms with van der Waals surface area (Å²) in [6.45, 7) is 0. The first-order valence-corrected chi connectivity index (χ1v) is 7.72. The van der Waals surface area contributed by atoms with Crippen LogP contribution < -0.4 is 10.5 Å². The SMILES string of the molecule is COc1ccc(-c2c(-c3ccccc3C#N)nc(N)c3ncnn23)cn1. The number of ether oxygens (including phenoxy) is 1. The van der Waals surface area contributed by atoms with Gasteiger partial charge in [-0.15, -0.1) is 0 Å². The summed E-state index contributed by atoms with van der Waals surface area (Å²) in [6, 6.07) is 13.0. The van der Waals surface area contributed by atoms with Gasteiger partial charge in [-0.3, -0.25) is 0 Å². The van der Waals surface area contributed by atoms with Gasteiger partial charge in [0.1, 0.15) is 17.7 Å². The lowest BCUT2D eigenvalue weighted by Crippen LogP contribution is -2.06. The maximum atomic E-state index is 9.48. The van der Waals surface area contributed by atoms with Crippen molar-refractivity contribution in [2.75, 3.05) is 12.8 Å². The Morgan fingerprint density at radius 1 is 1.15 bits per heavy atom. The van der Waals surface area contributed by atoms with Crippen LogP contribution >= 0.6 is 0 Å². The first-order valence-electron chi connectivity index (χ1n) is 7.72.